The van der Waals surface area contributed by atoms with Gasteiger partial charge in [0.05, 0.1) is 0 Å². The molecule has 0 bridgehead atoms. The minimum atomic E-state index is -2.98. The Hall–Kier alpha value is 0.1000. The summed E-state index contributed by atoms with van der Waals surface area (Å²) in [5.41, 5.74) is 6.14. The van der Waals surface area contributed by atoms with Gasteiger partial charge >= 0.3 is 8.25 Å². The molecule has 2 atom stereocenters. The van der Waals surface area contributed by atoms with Crippen molar-refractivity contribution in [2.45, 2.75) is 6.23 Å². The molecule has 1 aromatic carbocycles. The monoisotopic (exact) mass is 301 g/mol. The van der Waals surface area contributed by atoms with Crippen LogP contribution in [-0.4, -0.2) is 4.89 Å². The first-order chi connectivity index (χ1) is 6.09. The minimum absolute atomic E-state index is 0. The van der Waals surface area contributed by atoms with Crippen molar-refractivity contribution in [2.24, 2.45) is 5.73 Å². The molecule has 0 saturated heterocycles. The molecule has 4 nitrogen and oxygen atoms in total. The summed E-state index contributed by atoms with van der Waals surface area (Å²) in [6.07, 6.45) is -0.843. The molecule has 0 spiro atoms. The van der Waals surface area contributed by atoms with Crippen molar-refractivity contribution in [2.75, 3.05) is 0 Å². The Morgan fingerprint density at radius 3 is 2.36 bits per heavy atom. The smallest absolute Gasteiger partial charge is 0.318 e. The van der Waals surface area contributed by atoms with E-state index in [4.69, 9.17) is 10.6 Å². The van der Waals surface area contributed by atoms with Gasteiger partial charge in [-0.1, -0.05) is 28.1 Å². The van der Waals surface area contributed by atoms with E-state index >= 15 is 0 Å². The van der Waals surface area contributed by atoms with Crippen molar-refractivity contribution < 1.29 is 14.0 Å². The molecule has 1 aromatic rings. The molecule has 80 valence electrons. The Bertz CT molecular complexity index is 308. The van der Waals surface area contributed by atoms with Crippen LogP contribution in [0.3, 0.4) is 0 Å². The maximum atomic E-state index is 10.3. The molecule has 3 N–H and O–H groups in total. The van der Waals surface area contributed by atoms with E-state index in [1.165, 1.54) is 0 Å². The van der Waals surface area contributed by atoms with E-state index in [0.29, 0.717) is 5.56 Å². The second kappa shape index (κ2) is 6.56. The number of hydrogen-bond donors (Lipinski definition) is 2. The lowest BCUT2D eigenvalue weighted by Gasteiger charge is -2.10. The van der Waals surface area contributed by atoms with Crippen LogP contribution in [0.15, 0.2) is 28.7 Å². The summed E-state index contributed by atoms with van der Waals surface area (Å²) in [6, 6.07) is 7.01. The Morgan fingerprint density at radius 1 is 1.43 bits per heavy atom. The van der Waals surface area contributed by atoms with E-state index in [0.717, 1.165) is 4.47 Å². The molecule has 2 unspecified atom stereocenters. The fourth-order valence-corrected chi connectivity index (χ4v) is 1.45. The number of nitrogens with two attached hydrogens (primary N) is 1. The highest BCUT2D eigenvalue weighted by Crippen LogP contribution is 2.25. The maximum absolute atomic E-state index is 10.3. The lowest BCUT2D eigenvalue weighted by molar-refractivity contribution is 0.198. The first-order valence-electron chi connectivity index (χ1n) is 3.50. The third-order valence-corrected chi connectivity index (χ3v) is 2.41. The van der Waals surface area contributed by atoms with Crippen LogP contribution in [0.4, 0.5) is 0 Å². The van der Waals surface area contributed by atoms with E-state index in [1.807, 2.05) is 0 Å². The molecule has 7 heteroatoms. The predicted molar refractivity (Wildman–Crippen MR) is 60.6 cm³/mol. The van der Waals surface area contributed by atoms with E-state index in [9.17, 15) is 4.57 Å². The average molecular weight is 302 g/mol. The fraction of sp³-hybridized carbons (Fsp3) is 0.143. The Labute approximate surface area is 96.9 Å². The molecule has 0 aliphatic heterocycles. The zero-order chi connectivity index (χ0) is 9.84. The largest absolute Gasteiger partial charge is 0.326 e. The molecule has 0 saturated carbocycles. The van der Waals surface area contributed by atoms with Crippen molar-refractivity contribution in [1.29, 1.82) is 0 Å². The second-order valence-corrected chi connectivity index (χ2v) is 4.04. The van der Waals surface area contributed by atoms with E-state index in [1.54, 1.807) is 24.3 Å². The summed E-state index contributed by atoms with van der Waals surface area (Å²) in [5, 5.41) is 0. The SMILES string of the molecule is Cl.NC(O[PH](=O)O)c1ccc(Br)cc1. The van der Waals surface area contributed by atoms with Crippen LogP contribution in [0.1, 0.15) is 11.8 Å². The molecule has 1 rings (SSSR count). The van der Waals surface area contributed by atoms with E-state index in [-0.39, 0.29) is 12.4 Å². The van der Waals surface area contributed by atoms with Gasteiger partial charge in [-0.15, -0.1) is 12.4 Å². The highest BCUT2D eigenvalue weighted by atomic mass is 79.9. The summed E-state index contributed by atoms with van der Waals surface area (Å²) in [7, 11) is -2.98. The van der Waals surface area contributed by atoms with Crippen LogP contribution in [0.5, 0.6) is 0 Å². The van der Waals surface area contributed by atoms with Gasteiger partial charge in [-0.05, 0) is 17.7 Å². The first-order valence-corrected chi connectivity index (χ1v) is 5.56. The van der Waals surface area contributed by atoms with E-state index < -0.39 is 14.5 Å². The van der Waals surface area contributed by atoms with Gasteiger partial charge in [0.1, 0.15) is 6.23 Å². The molecule has 14 heavy (non-hydrogen) atoms. The van der Waals surface area contributed by atoms with Gasteiger partial charge in [-0.3, -0.25) is 9.09 Å². The topological polar surface area (TPSA) is 72.5 Å². The molecule has 0 aliphatic carbocycles. The van der Waals surface area contributed by atoms with E-state index in [2.05, 4.69) is 20.5 Å². The van der Waals surface area contributed by atoms with Crippen molar-refractivity contribution in [3.63, 3.8) is 0 Å². The van der Waals surface area contributed by atoms with Gasteiger partial charge in [0, 0.05) is 4.47 Å². The van der Waals surface area contributed by atoms with Crippen molar-refractivity contribution in [3.8, 4) is 0 Å². The summed E-state index contributed by atoms with van der Waals surface area (Å²) in [6.45, 7) is 0. The molecule has 0 fully saturated rings. The maximum Gasteiger partial charge on any atom is 0.318 e. The van der Waals surface area contributed by atoms with Crippen molar-refractivity contribution in [3.05, 3.63) is 34.3 Å². The third-order valence-electron chi connectivity index (χ3n) is 1.43. The van der Waals surface area contributed by atoms with Gasteiger partial charge in [0.15, 0.2) is 0 Å². The minimum Gasteiger partial charge on any atom is -0.326 e. The Morgan fingerprint density at radius 2 is 1.93 bits per heavy atom. The lowest BCUT2D eigenvalue weighted by atomic mass is 10.2. The molecule has 0 aliphatic rings. The van der Waals surface area contributed by atoms with Crippen LogP contribution in [0.25, 0.3) is 0 Å². The van der Waals surface area contributed by atoms with Gasteiger partial charge in [0.25, 0.3) is 0 Å². The third kappa shape index (κ3) is 4.55. The van der Waals surface area contributed by atoms with Crippen molar-refractivity contribution >= 4 is 36.6 Å². The lowest BCUT2D eigenvalue weighted by Crippen LogP contribution is -2.10. The van der Waals surface area contributed by atoms with Crippen LogP contribution >= 0.6 is 36.6 Å². The average Bonchev–Trinajstić information content (AvgIpc) is 2.04. The van der Waals surface area contributed by atoms with Gasteiger partial charge in [-0.25, -0.2) is 0 Å². The van der Waals surface area contributed by atoms with Crippen LogP contribution in [0.2, 0.25) is 0 Å². The molecule has 0 radical (unpaired) electrons. The highest BCUT2D eigenvalue weighted by molar-refractivity contribution is 9.10. The number of halogens is 2. The number of benzene rings is 1. The van der Waals surface area contributed by atoms with Crippen LogP contribution in [-0.2, 0) is 9.09 Å². The zero-order valence-corrected chi connectivity index (χ0v) is 10.4. The molecule has 0 amide bonds. The molecular formula is C7H10BrClNO3P. The quantitative estimate of drug-likeness (QED) is 0.663. The van der Waals surface area contributed by atoms with Crippen LogP contribution in [0, 0.1) is 0 Å². The summed E-state index contributed by atoms with van der Waals surface area (Å²) in [5.74, 6) is 0. The zero-order valence-electron chi connectivity index (χ0n) is 7.01. The standard InChI is InChI=1S/C7H9BrNO3P.ClH/c8-6-3-1-5(2-4-6)7(9)12-13(10)11;/h1-4,7,13H,9H2,(H,10,11);1H. The van der Waals surface area contributed by atoms with Crippen LogP contribution < -0.4 is 5.73 Å². The first kappa shape index (κ1) is 14.1. The van der Waals surface area contributed by atoms with Gasteiger partial charge in [0.2, 0.25) is 0 Å². The molecular weight excluding hydrogens is 292 g/mol. The second-order valence-electron chi connectivity index (χ2n) is 2.36. The fourth-order valence-electron chi connectivity index (χ4n) is 0.829. The Balaban J connectivity index is 0.00000169. The summed E-state index contributed by atoms with van der Waals surface area (Å²) in [4.78, 5) is 8.47. The molecule has 0 heterocycles. The van der Waals surface area contributed by atoms with Gasteiger partial charge < -0.3 is 10.6 Å². The molecule has 0 aromatic heterocycles. The summed E-state index contributed by atoms with van der Waals surface area (Å²) >= 11 is 3.26. The highest BCUT2D eigenvalue weighted by Gasteiger charge is 2.07. The normalized spacial score (nSPS) is 14.2. The summed E-state index contributed by atoms with van der Waals surface area (Å²) < 4.78 is 15.8. The number of rotatable bonds is 3. The Kier molecular flexibility index (Phi) is 6.61. The number of hydrogen-bond acceptors (Lipinski definition) is 3. The van der Waals surface area contributed by atoms with Gasteiger partial charge in [-0.2, -0.15) is 0 Å². The predicted octanol–water partition coefficient (Wildman–Crippen LogP) is 2.23. The van der Waals surface area contributed by atoms with Crippen molar-refractivity contribution in [1.82, 2.24) is 0 Å².